The summed E-state index contributed by atoms with van der Waals surface area (Å²) in [6.45, 7) is 4.11. The number of hydrogen-bond donors (Lipinski definition) is 1. The highest BCUT2D eigenvalue weighted by Gasteiger charge is 2.13. The van der Waals surface area contributed by atoms with Crippen molar-refractivity contribution in [2.24, 2.45) is 0 Å². The summed E-state index contributed by atoms with van der Waals surface area (Å²) in [6.07, 6.45) is 2.90. The maximum absolute atomic E-state index is 11.0. The molecular weight excluding hydrogens is 292 g/mol. The minimum Gasteiger partial charge on any atom is -0.476 e. The molecule has 0 saturated carbocycles. The lowest BCUT2D eigenvalue weighted by Crippen LogP contribution is -2.04. The van der Waals surface area contributed by atoms with Crippen molar-refractivity contribution in [1.29, 1.82) is 0 Å². The number of aromatic nitrogens is 4. The topological polar surface area (TPSA) is 80.9 Å². The van der Waals surface area contributed by atoms with Gasteiger partial charge in [0, 0.05) is 23.5 Å². The highest BCUT2D eigenvalue weighted by Crippen LogP contribution is 2.21. The molecule has 0 radical (unpaired) electrons. The summed E-state index contributed by atoms with van der Waals surface area (Å²) in [5.41, 5.74) is 1.78. The highest BCUT2D eigenvalue weighted by molar-refractivity contribution is 5.85. The Morgan fingerprint density at radius 1 is 1.17 bits per heavy atom. The number of benzene rings is 1. The fourth-order valence-electron chi connectivity index (χ4n) is 2.16. The van der Waals surface area contributed by atoms with Crippen molar-refractivity contribution in [2.45, 2.75) is 19.8 Å². The Labute approximate surface area is 133 Å². The fraction of sp³-hybridized carbons (Fsp3) is 0.176. The first-order chi connectivity index (χ1) is 11.0. The van der Waals surface area contributed by atoms with Gasteiger partial charge in [-0.05, 0) is 5.92 Å². The zero-order chi connectivity index (χ0) is 16.4. The van der Waals surface area contributed by atoms with Crippen molar-refractivity contribution < 1.29 is 9.90 Å². The molecule has 0 aliphatic heterocycles. The van der Waals surface area contributed by atoms with E-state index in [9.17, 15) is 4.79 Å². The van der Waals surface area contributed by atoms with Gasteiger partial charge in [-0.2, -0.15) is 0 Å². The number of carboxylic acid groups (broad SMARTS) is 1. The Morgan fingerprint density at radius 3 is 2.52 bits per heavy atom. The third-order valence-electron chi connectivity index (χ3n) is 3.42. The summed E-state index contributed by atoms with van der Waals surface area (Å²) >= 11 is 0. The molecule has 116 valence electrons. The van der Waals surface area contributed by atoms with E-state index in [-0.39, 0.29) is 11.6 Å². The predicted molar refractivity (Wildman–Crippen MR) is 85.6 cm³/mol. The molecular formula is C17H16N4O2. The maximum Gasteiger partial charge on any atom is 0.356 e. The zero-order valence-electron chi connectivity index (χ0n) is 12.8. The summed E-state index contributed by atoms with van der Waals surface area (Å²) in [7, 11) is 0. The number of nitrogens with zero attached hydrogens (tertiary/aromatic N) is 4. The summed E-state index contributed by atoms with van der Waals surface area (Å²) in [4.78, 5) is 24.0. The Hall–Kier alpha value is -3.02. The van der Waals surface area contributed by atoms with Gasteiger partial charge in [0.05, 0.1) is 0 Å². The molecule has 1 aromatic carbocycles. The van der Waals surface area contributed by atoms with Crippen LogP contribution in [0.4, 0.5) is 0 Å². The van der Waals surface area contributed by atoms with Crippen LogP contribution in [0.1, 0.15) is 35.9 Å². The molecule has 1 N–H and O–H groups in total. The zero-order valence-corrected chi connectivity index (χ0v) is 12.8. The monoisotopic (exact) mass is 308 g/mol. The molecule has 0 unspecified atom stereocenters. The molecule has 2 heterocycles. The summed E-state index contributed by atoms with van der Waals surface area (Å²) in [5.74, 6) is 0.367. The number of carboxylic acids is 1. The molecule has 6 heteroatoms. The van der Waals surface area contributed by atoms with Gasteiger partial charge in [0.2, 0.25) is 0 Å². The first-order valence-electron chi connectivity index (χ1n) is 7.26. The normalized spacial score (nSPS) is 10.9. The molecule has 23 heavy (non-hydrogen) atoms. The van der Waals surface area contributed by atoms with Crippen LogP contribution in [0.15, 0.2) is 48.9 Å². The average molecular weight is 308 g/mol. The van der Waals surface area contributed by atoms with Crippen LogP contribution in [0.2, 0.25) is 0 Å². The lowest BCUT2D eigenvalue weighted by molar-refractivity contribution is 0.0691. The lowest BCUT2D eigenvalue weighted by Gasteiger charge is -2.10. The van der Waals surface area contributed by atoms with Gasteiger partial charge in [0.15, 0.2) is 11.5 Å². The molecule has 0 atom stereocenters. The Balaban J connectivity index is 2.12. The van der Waals surface area contributed by atoms with E-state index < -0.39 is 5.97 Å². The largest absolute Gasteiger partial charge is 0.476 e. The number of imidazole rings is 1. The van der Waals surface area contributed by atoms with Crippen LogP contribution in [-0.2, 0) is 0 Å². The van der Waals surface area contributed by atoms with E-state index in [0.717, 1.165) is 11.3 Å². The van der Waals surface area contributed by atoms with Crippen molar-refractivity contribution >= 4 is 5.97 Å². The van der Waals surface area contributed by atoms with E-state index in [1.54, 1.807) is 4.57 Å². The second-order valence-electron chi connectivity index (χ2n) is 5.47. The molecule has 6 nitrogen and oxygen atoms in total. The molecule has 0 bridgehead atoms. The van der Waals surface area contributed by atoms with Crippen molar-refractivity contribution in [2.75, 3.05) is 0 Å². The average Bonchev–Trinajstić information content (AvgIpc) is 3.05. The third-order valence-corrected chi connectivity index (χ3v) is 3.42. The van der Waals surface area contributed by atoms with Crippen LogP contribution in [-0.4, -0.2) is 30.6 Å². The van der Waals surface area contributed by atoms with Gasteiger partial charge in [-0.25, -0.2) is 19.7 Å². The van der Waals surface area contributed by atoms with Crippen LogP contribution >= 0.6 is 0 Å². The van der Waals surface area contributed by atoms with Crippen molar-refractivity contribution in [3.05, 3.63) is 60.3 Å². The van der Waals surface area contributed by atoms with Gasteiger partial charge in [0.25, 0.3) is 0 Å². The van der Waals surface area contributed by atoms with E-state index in [4.69, 9.17) is 5.11 Å². The van der Waals surface area contributed by atoms with Gasteiger partial charge < -0.3 is 5.11 Å². The van der Waals surface area contributed by atoms with E-state index in [1.165, 1.54) is 12.5 Å². The van der Waals surface area contributed by atoms with E-state index in [2.05, 4.69) is 28.8 Å². The summed E-state index contributed by atoms with van der Waals surface area (Å²) in [5, 5.41) is 9.01. The van der Waals surface area contributed by atoms with Gasteiger partial charge in [-0.15, -0.1) is 0 Å². The summed E-state index contributed by atoms with van der Waals surface area (Å²) in [6, 6.07) is 11.5. The molecule has 0 amide bonds. The fourth-order valence-corrected chi connectivity index (χ4v) is 2.16. The van der Waals surface area contributed by atoms with Gasteiger partial charge in [-0.3, -0.25) is 4.57 Å². The van der Waals surface area contributed by atoms with Crippen molar-refractivity contribution in [3.63, 3.8) is 0 Å². The first-order valence-corrected chi connectivity index (χ1v) is 7.26. The molecule has 0 aliphatic rings. The second-order valence-corrected chi connectivity index (χ2v) is 5.47. The highest BCUT2D eigenvalue weighted by atomic mass is 16.4. The molecule has 0 fully saturated rings. The molecule has 3 aromatic rings. The molecule has 0 spiro atoms. The molecule has 0 saturated heterocycles. The van der Waals surface area contributed by atoms with Gasteiger partial charge >= 0.3 is 5.97 Å². The second kappa shape index (κ2) is 6.00. The van der Waals surface area contributed by atoms with Crippen LogP contribution in [0.3, 0.4) is 0 Å². The number of rotatable bonds is 4. The maximum atomic E-state index is 11.0. The standard InChI is InChI=1S/C17H16N4O2/c1-11(2)13-8-15(21-9-14(17(22)23)18-10-21)20-16(19-13)12-6-4-3-5-7-12/h3-11H,1-2H3,(H,22,23). The minimum atomic E-state index is -1.06. The van der Waals surface area contributed by atoms with Gasteiger partial charge in [0.1, 0.15) is 12.1 Å². The quantitative estimate of drug-likeness (QED) is 0.800. The van der Waals surface area contributed by atoms with Crippen LogP contribution in [0.5, 0.6) is 0 Å². The van der Waals surface area contributed by atoms with Crippen LogP contribution < -0.4 is 0 Å². The number of carbonyl (C=O) groups is 1. The molecule has 0 aliphatic carbocycles. The number of aromatic carboxylic acids is 1. The Morgan fingerprint density at radius 2 is 1.91 bits per heavy atom. The summed E-state index contributed by atoms with van der Waals surface area (Å²) < 4.78 is 1.60. The van der Waals surface area contributed by atoms with E-state index >= 15 is 0 Å². The first kappa shape index (κ1) is 14.9. The van der Waals surface area contributed by atoms with E-state index in [0.29, 0.717) is 11.6 Å². The minimum absolute atomic E-state index is 0.0176. The van der Waals surface area contributed by atoms with E-state index in [1.807, 2.05) is 36.4 Å². The third kappa shape index (κ3) is 3.11. The number of hydrogen-bond acceptors (Lipinski definition) is 4. The predicted octanol–water partition coefficient (Wildman–Crippen LogP) is 3.15. The lowest BCUT2D eigenvalue weighted by atomic mass is 10.1. The molecule has 2 aromatic heterocycles. The van der Waals surface area contributed by atoms with Crippen LogP contribution in [0.25, 0.3) is 17.2 Å². The van der Waals surface area contributed by atoms with Crippen molar-refractivity contribution in [3.8, 4) is 17.2 Å². The molecule has 3 rings (SSSR count). The van der Waals surface area contributed by atoms with Crippen molar-refractivity contribution in [1.82, 2.24) is 19.5 Å². The Bertz CT molecular complexity index is 841. The van der Waals surface area contributed by atoms with Gasteiger partial charge in [-0.1, -0.05) is 44.2 Å². The SMILES string of the molecule is CC(C)c1cc(-n2cnc(C(=O)O)c2)nc(-c2ccccc2)n1. The Kier molecular flexibility index (Phi) is 3.89. The smallest absolute Gasteiger partial charge is 0.356 e. The van der Waals surface area contributed by atoms with Crippen LogP contribution in [0, 0.1) is 0 Å².